The molecular formula is C14H20ClNO. The zero-order valence-electron chi connectivity index (χ0n) is 10.3. The van der Waals surface area contributed by atoms with Crippen molar-refractivity contribution in [2.24, 2.45) is 5.92 Å². The van der Waals surface area contributed by atoms with Crippen LogP contribution >= 0.6 is 11.6 Å². The van der Waals surface area contributed by atoms with E-state index in [0.29, 0.717) is 12.0 Å². The molecule has 2 nitrogen and oxygen atoms in total. The number of nitrogens with one attached hydrogen (secondary N) is 1. The second-order valence-electron chi connectivity index (χ2n) is 4.68. The van der Waals surface area contributed by atoms with Crippen molar-refractivity contribution in [3.63, 3.8) is 0 Å². The van der Waals surface area contributed by atoms with E-state index in [-0.39, 0.29) is 0 Å². The number of hydrogen-bond donors (Lipinski definition) is 1. The van der Waals surface area contributed by atoms with Crippen LogP contribution in [0.3, 0.4) is 0 Å². The maximum atomic E-state index is 5.97. The van der Waals surface area contributed by atoms with Crippen LogP contribution in [0.2, 0.25) is 0 Å². The summed E-state index contributed by atoms with van der Waals surface area (Å²) in [5, 5.41) is 3.61. The average molecular weight is 254 g/mol. The molecule has 0 heterocycles. The van der Waals surface area contributed by atoms with E-state index in [1.54, 1.807) is 7.11 Å². The normalized spacial score (nSPS) is 23.9. The zero-order valence-corrected chi connectivity index (χ0v) is 11.0. The SMILES string of the molecule is COc1ccc(CNC2CCCC2CCl)cc1. The smallest absolute Gasteiger partial charge is 0.118 e. The number of alkyl halides is 1. The van der Waals surface area contributed by atoms with Gasteiger partial charge in [0.25, 0.3) is 0 Å². The molecule has 0 aliphatic heterocycles. The largest absolute Gasteiger partial charge is 0.497 e. The van der Waals surface area contributed by atoms with Crippen LogP contribution in [-0.4, -0.2) is 19.0 Å². The lowest BCUT2D eigenvalue weighted by molar-refractivity contribution is 0.413. The van der Waals surface area contributed by atoms with Gasteiger partial charge in [0.1, 0.15) is 5.75 Å². The van der Waals surface area contributed by atoms with Gasteiger partial charge in [-0.05, 0) is 36.5 Å². The van der Waals surface area contributed by atoms with E-state index in [0.717, 1.165) is 18.2 Å². The second-order valence-corrected chi connectivity index (χ2v) is 4.99. The van der Waals surface area contributed by atoms with Gasteiger partial charge in [-0.1, -0.05) is 18.6 Å². The Balaban J connectivity index is 1.84. The minimum Gasteiger partial charge on any atom is -0.497 e. The van der Waals surface area contributed by atoms with Crippen molar-refractivity contribution in [2.75, 3.05) is 13.0 Å². The molecule has 0 saturated heterocycles. The third kappa shape index (κ3) is 3.36. The lowest BCUT2D eigenvalue weighted by Gasteiger charge is -2.18. The van der Waals surface area contributed by atoms with Crippen LogP contribution in [0.1, 0.15) is 24.8 Å². The Morgan fingerprint density at radius 2 is 2.06 bits per heavy atom. The minimum absolute atomic E-state index is 0.592. The quantitative estimate of drug-likeness (QED) is 0.814. The summed E-state index contributed by atoms with van der Waals surface area (Å²) in [6.45, 7) is 0.919. The van der Waals surface area contributed by atoms with E-state index in [1.807, 2.05) is 12.1 Å². The summed E-state index contributed by atoms with van der Waals surface area (Å²) in [5.41, 5.74) is 1.30. The predicted octanol–water partition coefficient (Wildman–Crippen LogP) is 3.19. The Labute approximate surface area is 108 Å². The molecule has 0 bridgehead atoms. The van der Waals surface area contributed by atoms with Gasteiger partial charge >= 0.3 is 0 Å². The van der Waals surface area contributed by atoms with Crippen LogP contribution in [0.25, 0.3) is 0 Å². The molecule has 3 heteroatoms. The van der Waals surface area contributed by atoms with Gasteiger partial charge in [0.2, 0.25) is 0 Å². The molecule has 1 N–H and O–H groups in total. The van der Waals surface area contributed by atoms with Crippen LogP contribution in [0.5, 0.6) is 5.75 Å². The summed E-state index contributed by atoms with van der Waals surface area (Å²) in [6, 6.07) is 8.82. The first-order chi connectivity index (χ1) is 8.33. The summed E-state index contributed by atoms with van der Waals surface area (Å²) >= 11 is 5.97. The molecule has 2 unspecified atom stereocenters. The summed E-state index contributed by atoms with van der Waals surface area (Å²) in [4.78, 5) is 0. The topological polar surface area (TPSA) is 21.3 Å². The molecule has 0 radical (unpaired) electrons. The van der Waals surface area contributed by atoms with Crippen LogP contribution < -0.4 is 10.1 Å². The molecule has 17 heavy (non-hydrogen) atoms. The predicted molar refractivity (Wildman–Crippen MR) is 71.7 cm³/mol. The number of rotatable bonds is 5. The van der Waals surface area contributed by atoms with Crippen LogP contribution in [0, 0.1) is 5.92 Å². The molecule has 1 fully saturated rings. The van der Waals surface area contributed by atoms with Gasteiger partial charge in [-0.3, -0.25) is 0 Å². The number of hydrogen-bond acceptors (Lipinski definition) is 2. The summed E-state index contributed by atoms with van der Waals surface area (Å²) in [7, 11) is 1.69. The monoisotopic (exact) mass is 253 g/mol. The van der Waals surface area contributed by atoms with Gasteiger partial charge in [0.05, 0.1) is 7.11 Å². The highest BCUT2D eigenvalue weighted by atomic mass is 35.5. The molecule has 0 aromatic heterocycles. The fourth-order valence-corrected chi connectivity index (χ4v) is 2.85. The van der Waals surface area contributed by atoms with Crippen molar-refractivity contribution in [1.29, 1.82) is 0 Å². The molecule has 1 saturated carbocycles. The fraction of sp³-hybridized carbons (Fsp3) is 0.571. The van der Waals surface area contributed by atoms with E-state index in [9.17, 15) is 0 Å². The minimum atomic E-state index is 0.592. The number of benzene rings is 1. The zero-order chi connectivity index (χ0) is 12.1. The number of ether oxygens (including phenoxy) is 1. The van der Waals surface area contributed by atoms with E-state index < -0.39 is 0 Å². The molecule has 1 aromatic carbocycles. The van der Waals surface area contributed by atoms with Gasteiger partial charge in [0, 0.05) is 18.5 Å². The molecular weight excluding hydrogens is 234 g/mol. The second kappa shape index (κ2) is 6.27. The van der Waals surface area contributed by atoms with Crippen molar-refractivity contribution in [3.05, 3.63) is 29.8 Å². The summed E-state index contributed by atoms with van der Waals surface area (Å²) in [6.07, 6.45) is 3.83. The lowest BCUT2D eigenvalue weighted by atomic mass is 10.1. The summed E-state index contributed by atoms with van der Waals surface area (Å²) < 4.78 is 5.14. The Hall–Kier alpha value is -0.730. The third-order valence-corrected chi connectivity index (χ3v) is 3.98. The molecule has 2 rings (SSSR count). The van der Waals surface area contributed by atoms with Crippen molar-refractivity contribution >= 4 is 11.6 Å². The van der Waals surface area contributed by atoms with E-state index in [2.05, 4.69) is 17.4 Å². The first-order valence-corrected chi connectivity index (χ1v) is 6.79. The fourth-order valence-electron chi connectivity index (χ4n) is 2.48. The number of halogens is 1. The van der Waals surface area contributed by atoms with Crippen molar-refractivity contribution in [2.45, 2.75) is 31.8 Å². The van der Waals surface area contributed by atoms with Gasteiger partial charge in [-0.2, -0.15) is 0 Å². The van der Waals surface area contributed by atoms with E-state index >= 15 is 0 Å². The molecule has 1 aromatic rings. The third-order valence-electron chi connectivity index (χ3n) is 3.58. The van der Waals surface area contributed by atoms with Gasteiger partial charge in [-0.25, -0.2) is 0 Å². The first-order valence-electron chi connectivity index (χ1n) is 6.25. The van der Waals surface area contributed by atoms with E-state index in [4.69, 9.17) is 16.3 Å². The van der Waals surface area contributed by atoms with Gasteiger partial charge in [-0.15, -0.1) is 11.6 Å². The van der Waals surface area contributed by atoms with Crippen molar-refractivity contribution in [3.8, 4) is 5.75 Å². The molecule has 94 valence electrons. The highest BCUT2D eigenvalue weighted by molar-refractivity contribution is 6.18. The molecule has 1 aliphatic rings. The standard InChI is InChI=1S/C14H20ClNO/c1-17-13-7-5-11(6-8-13)10-16-14-4-2-3-12(14)9-15/h5-8,12,14,16H,2-4,9-10H2,1H3. The molecule has 1 aliphatic carbocycles. The molecule has 0 spiro atoms. The molecule has 0 amide bonds. The molecule has 2 atom stereocenters. The van der Waals surface area contributed by atoms with Crippen LogP contribution in [0.4, 0.5) is 0 Å². The highest BCUT2D eigenvalue weighted by Crippen LogP contribution is 2.26. The maximum absolute atomic E-state index is 5.97. The average Bonchev–Trinajstić information content (AvgIpc) is 2.84. The number of methoxy groups -OCH3 is 1. The van der Waals surface area contributed by atoms with E-state index in [1.165, 1.54) is 24.8 Å². The van der Waals surface area contributed by atoms with Crippen molar-refractivity contribution < 1.29 is 4.74 Å². The van der Waals surface area contributed by atoms with Crippen LogP contribution in [0.15, 0.2) is 24.3 Å². The van der Waals surface area contributed by atoms with Crippen LogP contribution in [-0.2, 0) is 6.54 Å². The Morgan fingerprint density at radius 1 is 1.29 bits per heavy atom. The lowest BCUT2D eigenvalue weighted by Crippen LogP contribution is -2.32. The van der Waals surface area contributed by atoms with Gasteiger partial charge in [0.15, 0.2) is 0 Å². The van der Waals surface area contributed by atoms with Gasteiger partial charge < -0.3 is 10.1 Å². The Bertz CT molecular complexity index is 339. The Kier molecular flexibility index (Phi) is 4.69. The Morgan fingerprint density at radius 3 is 2.71 bits per heavy atom. The highest BCUT2D eigenvalue weighted by Gasteiger charge is 2.25. The summed E-state index contributed by atoms with van der Waals surface area (Å²) in [5.74, 6) is 2.34. The van der Waals surface area contributed by atoms with Crippen molar-refractivity contribution in [1.82, 2.24) is 5.32 Å². The first kappa shape index (κ1) is 12.7. The maximum Gasteiger partial charge on any atom is 0.118 e.